The summed E-state index contributed by atoms with van der Waals surface area (Å²) >= 11 is 0. The molecule has 44 heavy (non-hydrogen) atoms. The van der Waals surface area contributed by atoms with Crippen molar-refractivity contribution in [1.29, 1.82) is 10.5 Å². The normalized spacial score (nSPS) is 11.1. The highest BCUT2D eigenvalue weighted by molar-refractivity contribution is 6.23. The van der Waals surface area contributed by atoms with Crippen LogP contribution >= 0.6 is 0 Å². The van der Waals surface area contributed by atoms with Crippen LogP contribution in [-0.2, 0) is 0 Å². The molecule has 0 amide bonds. The summed E-state index contributed by atoms with van der Waals surface area (Å²) in [5, 5.41) is 26.3. The third-order valence-corrected chi connectivity index (χ3v) is 8.64. The van der Waals surface area contributed by atoms with Gasteiger partial charge in [0.15, 0.2) is 0 Å². The Morgan fingerprint density at radius 3 is 1.00 bits per heavy atom. The van der Waals surface area contributed by atoms with Crippen LogP contribution in [0.1, 0.15) is 11.1 Å². The van der Waals surface area contributed by atoms with E-state index >= 15 is 0 Å². The Morgan fingerprint density at radius 1 is 0.295 bits per heavy atom. The molecule has 0 aromatic heterocycles. The number of nitriles is 2. The molecule has 0 aliphatic heterocycles. The van der Waals surface area contributed by atoms with Crippen molar-refractivity contribution in [3.05, 3.63) is 157 Å². The molecule has 0 spiro atoms. The zero-order chi connectivity index (χ0) is 29.6. The zero-order valence-corrected chi connectivity index (χ0v) is 23.8. The van der Waals surface area contributed by atoms with Crippen molar-refractivity contribution in [2.24, 2.45) is 0 Å². The van der Waals surface area contributed by atoms with E-state index < -0.39 is 0 Å². The van der Waals surface area contributed by atoms with Gasteiger partial charge in [-0.15, -0.1) is 0 Å². The van der Waals surface area contributed by atoms with Gasteiger partial charge >= 0.3 is 0 Å². The van der Waals surface area contributed by atoms with E-state index in [4.69, 9.17) is 0 Å². The summed E-state index contributed by atoms with van der Waals surface area (Å²) in [5.74, 6) is 0. The molecule has 0 radical (unpaired) electrons. The van der Waals surface area contributed by atoms with E-state index in [0.29, 0.717) is 11.1 Å². The fourth-order valence-corrected chi connectivity index (χ4v) is 6.38. The first-order valence-corrected chi connectivity index (χ1v) is 14.6. The highest BCUT2D eigenvalue weighted by Gasteiger charge is 2.12. The molecule has 0 saturated heterocycles. The highest BCUT2D eigenvalue weighted by Crippen LogP contribution is 2.38. The summed E-state index contributed by atoms with van der Waals surface area (Å²) in [6, 6.07) is 55.2. The second-order valence-corrected chi connectivity index (χ2v) is 11.3. The topological polar surface area (TPSA) is 47.6 Å². The maximum Gasteiger partial charge on any atom is 0.0991 e. The Balaban J connectivity index is 1.21. The fraction of sp³-hybridized carbons (Fsp3) is 0. The zero-order valence-electron chi connectivity index (χ0n) is 23.8. The van der Waals surface area contributed by atoms with Crippen molar-refractivity contribution < 1.29 is 0 Å². The predicted molar refractivity (Wildman–Crippen MR) is 181 cm³/mol. The van der Waals surface area contributed by atoms with Crippen LogP contribution in [0.5, 0.6) is 0 Å². The van der Waals surface area contributed by atoms with E-state index in [1.165, 1.54) is 43.4 Å². The van der Waals surface area contributed by atoms with Gasteiger partial charge in [-0.2, -0.15) is 10.5 Å². The molecule has 0 N–H and O–H groups in total. The van der Waals surface area contributed by atoms with Crippen LogP contribution in [0.15, 0.2) is 146 Å². The van der Waals surface area contributed by atoms with Gasteiger partial charge in [-0.3, -0.25) is 0 Å². The molecule has 0 bridgehead atoms. The Hall–Kier alpha value is -6.22. The van der Waals surface area contributed by atoms with Crippen LogP contribution in [-0.4, -0.2) is 0 Å². The number of nitrogens with zero attached hydrogens (tertiary/aromatic N) is 2. The van der Waals surface area contributed by atoms with Crippen LogP contribution in [0.3, 0.4) is 0 Å². The lowest BCUT2D eigenvalue weighted by atomic mass is 9.90. The van der Waals surface area contributed by atoms with Gasteiger partial charge in [0, 0.05) is 0 Å². The molecular formula is C42H24N2. The molecule has 8 rings (SSSR count). The van der Waals surface area contributed by atoms with Gasteiger partial charge < -0.3 is 0 Å². The average molecular weight is 557 g/mol. The fourth-order valence-electron chi connectivity index (χ4n) is 6.38. The molecule has 0 heterocycles. The maximum atomic E-state index is 9.28. The summed E-state index contributed by atoms with van der Waals surface area (Å²) in [4.78, 5) is 0. The van der Waals surface area contributed by atoms with Gasteiger partial charge in [-0.05, 0) is 131 Å². The molecule has 0 fully saturated rings. The SMILES string of the molecule is N#Cc1ccc(-c2cc(-c3ccc(C#N)cc3)cc(-c3ccc(-c4cc5ccc6cccc7ccc(c4)c5c67)cc3)c2)cc1. The minimum atomic E-state index is 0.639. The summed E-state index contributed by atoms with van der Waals surface area (Å²) in [7, 11) is 0. The lowest BCUT2D eigenvalue weighted by Gasteiger charge is -2.14. The van der Waals surface area contributed by atoms with Crippen molar-refractivity contribution >= 4 is 32.3 Å². The highest BCUT2D eigenvalue weighted by atomic mass is 14.2. The van der Waals surface area contributed by atoms with Crippen molar-refractivity contribution in [2.45, 2.75) is 0 Å². The van der Waals surface area contributed by atoms with E-state index in [1.54, 1.807) is 0 Å². The molecule has 8 aromatic carbocycles. The first kappa shape index (κ1) is 25.5. The molecule has 202 valence electrons. The summed E-state index contributed by atoms with van der Waals surface area (Å²) in [6.45, 7) is 0. The Bertz CT molecular complexity index is 2280. The smallest absolute Gasteiger partial charge is 0.0991 e. The average Bonchev–Trinajstić information content (AvgIpc) is 3.10. The van der Waals surface area contributed by atoms with Gasteiger partial charge in [-0.1, -0.05) is 91.0 Å². The van der Waals surface area contributed by atoms with Crippen LogP contribution in [0.2, 0.25) is 0 Å². The lowest BCUT2D eigenvalue weighted by Crippen LogP contribution is -1.88. The molecule has 0 atom stereocenters. The Kier molecular flexibility index (Phi) is 5.94. The third kappa shape index (κ3) is 4.35. The molecular weight excluding hydrogens is 532 g/mol. The molecule has 0 saturated carbocycles. The summed E-state index contributed by atoms with van der Waals surface area (Å²) in [6.07, 6.45) is 0. The van der Waals surface area contributed by atoms with E-state index in [-0.39, 0.29) is 0 Å². The van der Waals surface area contributed by atoms with E-state index in [0.717, 1.165) is 33.4 Å². The second kappa shape index (κ2) is 10.2. The van der Waals surface area contributed by atoms with Crippen LogP contribution in [0.25, 0.3) is 76.8 Å². The number of benzene rings is 8. The minimum absolute atomic E-state index is 0.639. The lowest BCUT2D eigenvalue weighted by molar-refractivity contribution is 1.48. The predicted octanol–water partition coefficient (Wildman–Crippen LogP) is 11.0. The van der Waals surface area contributed by atoms with E-state index in [2.05, 4.69) is 109 Å². The monoisotopic (exact) mass is 556 g/mol. The number of hydrogen-bond donors (Lipinski definition) is 0. The first-order valence-electron chi connectivity index (χ1n) is 14.6. The molecule has 0 unspecified atom stereocenters. The molecule has 2 heteroatoms. The standard InChI is InChI=1S/C42H24N2/c43-25-27-4-8-29(9-5-27)38-22-39(30-10-6-28(26-44)7-11-30)24-40(23-38)32-14-12-31(13-15-32)37-20-35-18-16-33-2-1-3-34-17-19-36(21-37)42(35)41(33)34/h1-24H. The molecule has 2 nitrogen and oxygen atoms in total. The number of hydrogen-bond acceptors (Lipinski definition) is 2. The Morgan fingerprint density at radius 2 is 0.614 bits per heavy atom. The van der Waals surface area contributed by atoms with Crippen LogP contribution in [0.4, 0.5) is 0 Å². The van der Waals surface area contributed by atoms with E-state index in [9.17, 15) is 10.5 Å². The third-order valence-electron chi connectivity index (χ3n) is 8.64. The van der Waals surface area contributed by atoms with Crippen molar-refractivity contribution in [3.8, 4) is 56.6 Å². The second-order valence-electron chi connectivity index (χ2n) is 11.3. The maximum absolute atomic E-state index is 9.28. The van der Waals surface area contributed by atoms with Gasteiger partial charge in [-0.25, -0.2) is 0 Å². The van der Waals surface area contributed by atoms with Gasteiger partial charge in [0.25, 0.3) is 0 Å². The van der Waals surface area contributed by atoms with Crippen molar-refractivity contribution in [2.75, 3.05) is 0 Å². The van der Waals surface area contributed by atoms with Crippen molar-refractivity contribution in [3.63, 3.8) is 0 Å². The summed E-state index contributed by atoms with van der Waals surface area (Å²) < 4.78 is 0. The first-order chi connectivity index (χ1) is 21.7. The number of rotatable bonds is 4. The van der Waals surface area contributed by atoms with Crippen molar-refractivity contribution in [1.82, 2.24) is 0 Å². The van der Waals surface area contributed by atoms with Crippen LogP contribution < -0.4 is 0 Å². The van der Waals surface area contributed by atoms with Gasteiger partial charge in [0.1, 0.15) is 0 Å². The minimum Gasteiger partial charge on any atom is -0.192 e. The van der Waals surface area contributed by atoms with Gasteiger partial charge in [0.05, 0.1) is 23.3 Å². The van der Waals surface area contributed by atoms with E-state index in [1.807, 2.05) is 48.5 Å². The molecule has 0 aliphatic rings. The largest absolute Gasteiger partial charge is 0.192 e. The molecule has 8 aromatic rings. The molecule has 0 aliphatic carbocycles. The van der Waals surface area contributed by atoms with Crippen LogP contribution in [0, 0.1) is 22.7 Å². The Labute approximate surface area is 255 Å². The summed E-state index contributed by atoms with van der Waals surface area (Å²) in [5.41, 5.74) is 10.1. The quantitative estimate of drug-likeness (QED) is 0.202. The van der Waals surface area contributed by atoms with Gasteiger partial charge in [0.2, 0.25) is 0 Å².